The van der Waals surface area contributed by atoms with Crippen LogP contribution in [0.15, 0.2) is 18.2 Å². The number of aromatic hydroxyl groups is 1. The van der Waals surface area contributed by atoms with Crippen molar-refractivity contribution in [3.63, 3.8) is 0 Å². The first kappa shape index (κ1) is 14.6. The van der Waals surface area contributed by atoms with Gasteiger partial charge in [0.1, 0.15) is 11.8 Å². The van der Waals surface area contributed by atoms with Crippen molar-refractivity contribution in [2.45, 2.75) is 12.2 Å². The summed E-state index contributed by atoms with van der Waals surface area (Å²) in [6.45, 7) is -1.44. The van der Waals surface area contributed by atoms with Crippen LogP contribution in [0, 0.1) is 0 Å². The Morgan fingerprint density at radius 1 is 1.44 bits per heavy atom. The first-order valence-corrected chi connectivity index (χ1v) is 5.10. The minimum atomic E-state index is -4.52. The Hall–Kier alpha value is -1.47. The summed E-state index contributed by atoms with van der Waals surface area (Å²) in [5.41, 5.74) is 0.0227. The van der Waals surface area contributed by atoms with Crippen molar-refractivity contribution in [1.82, 2.24) is 5.32 Å². The lowest BCUT2D eigenvalue weighted by Crippen LogP contribution is -2.36. The van der Waals surface area contributed by atoms with Gasteiger partial charge in [0.25, 0.3) is 0 Å². The highest BCUT2D eigenvalue weighted by Gasteiger charge is 2.30. The Balaban J connectivity index is 2.91. The van der Waals surface area contributed by atoms with E-state index >= 15 is 0 Å². The highest BCUT2D eigenvalue weighted by atomic mass is 35.5. The molecule has 100 valence electrons. The molecule has 0 fully saturated rings. The molecule has 0 spiro atoms. The molecule has 18 heavy (non-hydrogen) atoms. The number of phenolic OH excluding ortho intramolecular Hbond substituents is 1. The second-order valence-corrected chi connectivity index (χ2v) is 3.89. The van der Waals surface area contributed by atoms with Gasteiger partial charge in [0, 0.05) is 0 Å². The Kier molecular flexibility index (Phi) is 4.42. The standard InChI is InChI=1S/C10H9ClF3NO3/c11-6-3-5(1-2-7(6)16)8(9(17)18)15-4-10(12,13)14/h1-3,8,15-16H,4H2,(H,17,18). The fourth-order valence-corrected chi connectivity index (χ4v) is 1.46. The zero-order chi connectivity index (χ0) is 13.9. The van der Waals surface area contributed by atoms with E-state index in [4.69, 9.17) is 21.8 Å². The fraction of sp³-hybridized carbons (Fsp3) is 0.300. The van der Waals surface area contributed by atoms with Crippen molar-refractivity contribution in [2.24, 2.45) is 0 Å². The Morgan fingerprint density at radius 3 is 2.50 bits per heavy atom. The number of phenols is 1. The summed E-state index contributed by atoms with van der Waals surface area (Å²) in [5, 5.41) is 19.7. The molecule has 1 aromatic carbocycles. The first-order chi connectivity index (χ1) is 8.20. The van der Waals surface area contributed by atoms with E-state index in [0.29, 0.717) is 0 Å². The average molecular weight is 284 g/mol. The highest BCUT2D eigenvalue weighted by molar-refractivity contribution is 6.32. The van der Waals surface area contributed by atoms with E-state index in [1.54, 1.807) is 0 Å². The van der Waals surface area contributed by atoms with Crippen molar-refractivity contribution in [3.05, 3.63) is 28.8 Å². The molecule has 1 aromatic rings. The molecule has 3 N–H and O–H groups in total. The molecule has 0 aliphatic rings. The molecule has 0 radical (unpaired) electrons. The lowest BCUT2D eigenvalue weighted by atomic mass is 10.1. The largest absolute Gasteiger partial charge is 0.506 e. The van der Waals surface area contributed by atoms with Crippen LogP contribution in [0.25, 0.3) is 0 Å². The molecular weight excluding hydrogens is 275 g/mol. The number of hydrogen-bond donors (Lipinski definition) is 3. The number of nitrogens with one attached hydrogen (secondary N) is 1. The van der Waals surface area contributed by atoms with Gasteiger partial charge in [0.05, 0.1) is 11.6 Å². The van der Waals surface area contributed by atoms with E-state index < -0.39 is 24.7 Å². The molecule has 1 rings (SSSR count). The van der Waals surface area contributed by atoms with Gasteiger partial charge in [-0.15, -0.1) is 0 Å². The molecule has 0 heterocycles. The van der Waals surface area contributed by atoms with E-state index in [0.717, 1.165) is 12.1 Å². The molecule has 4 nitrogen and oxygen atoms in total. The number of rotatable bonds is 4. The van der Waals surface area contributed by atoms with Gasteiger partial charge in [-0.05, 0) is 17.7 Å². The average Bonchev–Trinajstić information content (AvgIpc) is 2.21. The third-order valence-corrected chi connectivity index (χ3v) is 2.36. The van der Waals surface area contributed by atoms with Crippen molar-refractivity contribution in [1.29, 1.82) is 0 Å². The normalized spacial score (nSPS) is 13.3. The van der Waals surface area contributed by atoms with Gasteiger partial charge in [0.2, 0.25) is 0 Å². The van der Waals surface area contributed by atoms with Crippen LogP contribution in [0.2, 0.25) is 5.02 Å². The molecule has 1 unspecified atom stereocenters. The molecule has 8 heteroatoms. The van der Waals surface area contributed by atoms with Crippen LogP contribution >= 0.6 is 11.6 Å². The minimum Gasteiger partial charge on any atom is -0.506 e. The first-order valence-electron chi connectivity index (χ1n) is 4.72. The minimum absolute atomic E-state index is 0.0227. The van der Waals surface area contributed by atoms with Crippen LogP contribution in [-0.2, 0) is 4.79 Å². The summed E-state index contributed by atoms with van der Waals surface area (Å²) < 4.78 is 36.1. The third-order valence-electron chi connectivity index (χ3n) is 2.06. The molecule has 0 saturated carbocycles. The summed E-state index contributed by atoms with van der Waals surface area (Å²) in [6.07, 6.45) is -4.52. The van der Waals surface area contributed by atoms with E-state index in [-0.39, 0.29) is 16.3 Å². The second-order valence-electron chi connectivity index (χ2n) is 3.48. The van der Waals surface area contributed by atoms with Gasteiger partial charge in [0.15, 0.2) is 0 Å². The summed E-state index contributed by atoms with van der Waals surface area (Å²) in [7, 11) is 0. The van der Waals surface area contributed by atoms with Crippen molar-refractivity contribution in [2.75, 3.05) is 6.54 Å². The maximum atomic E-state index is 12.0. The van der Waals surface area contributed by atoms with Crippen LogP contribution in [0.1, 0.15) is 11.6 Å². The predicted octanol–water partition coefficient (Wildman–Crippen LogP) is 2.32. The lowest BCUT2D eigenvalue weighted by Gasteiger charge is -2.16. The SMILES string of the molecule is O=C(O)C(NCC(F)(F)F)c1ccc(O)c(Cl)c1. The van der Waals surface area contributed by atoms with E-state index in [1.807, 2.05) is 5.32 Å². The molecule has 0 amide bonds. The number of aliphatic carboxylic acids is 1. The van der Waals surface area contributed by atoms with Gasteiger partial charge in [-0.1, -0.05) is 17.7 Å². The number of carboxylic acids is 1. The quantitative estimate of drug-likeness (QED) is 0.793. The summed E-state index contributed by atoms with van der Waals surface area (Å²) in [6, 6.07) is 1.84. The zero-order valence-electron chi connectivity index (χ0n) is 8.83. The van der Waals surface area contributed by atoms with Crippen LogP contribution in [0.5, 0.6) is 5.75 Å². The number of hydrogen-bond acceptors (Lipinski definition) is 3. The number of benzene rings is 1. The summed E-state index contributed by atoms with van der Waals surface area (Å²) >= 11 is 5.56. The smallest absolute Gasteiger partial charge is 0.401 e. The maximum absolute atomic E-state index is 12.0. The molecule has 0 aromatic heterocycles. The molecule has 0 aliphatic heterocycles. The Bertz CT molecular complexity index is 450. The van der Waals surface area contributed by atoms with E-state index in [1.165, 1.54) is 6.07 Å². The Morgan fingerprint density at radius 2 is 2.06 bits per heavy atom. The molecular formula is C10H9ClF3NO3. The number of carboxylic acid groups (broad SMARTS) is 1. The Labute approximate surface area is 105 Å². The van der Waals surface area contributed by atoms with Crippen molar-refractivity contribution in [3.8, 4) is 5.75 Å². The van der Waals surface area contributed by atoms with Gasteiger partial charge in [-0.2, -0.15) is 13.2 Å². The fourth-order valence-electron chi connectivity index (χ4n) is 1.27. The number of carbonyl (C=O) groups is 1. The summed E-state index contributed by atoms with van der Waals surface area (Å²) in [5.74, 6) is -1.75. The van der Waals surface area contributed by atoms with Gasteiger partial charge >= 0.3 is 12.1 Å². The number of alkyl halides is 3. The van der Waals surface area contributed by atoms with E-state index in [9.17, 15) is 18.0 Å². The highest BCUT2D eigenvalue weighted by Crippen LogP contribution is 2.27. The zero-order valence-corrected chi connectivity index (χ0v) is 9.59. The lowest BCUT2D eigenvalue weighted by molar-refractivity contribution is -0.143. The van der Waals surface area contributed by atoms with Crippen molar-refractivity contribution >= 4 is 17.6 Å². The molecule has 0 bridgehead atoms. The van der Waals surface area contributed by atoms with Crippen LogP contribution in [0.4, 0.5) is 13.2 Å². The van der Waals surface area contributed by atoms with Crippen molar-refractivity contribution < 1.29 is 28.2 Å². The monoisotopic (exact) mass is 283 g/mol. The van der Waals surface area contributed by atoms with E-state index in [2.05, 4.69) is 0 Å². The maximum Gasteiger partial charge on any atom is 0.401 e. The van der Waals surface area contributed by atoms with Gasteiger partial charge < -0.3 is 10.2 Å². The number of halogens is 4. The topological polar surface area (TPSA) is 69.6 Å². The summed E-state index contributed by atoms with van der Waals surface area (Å²) in [4.78, 5) is 10.9. The molecule has 0 saturated heterocycles. The second kappa shape index (κ2) is 5.45. The van der Waals surface area contributed by atoms with Crippen LogP contribution in [-0.4, -0.2) is 28.9 Å². The molecule has 0 aliphatic carbocycles. The van der Waals surface area contributed by atoms with Crippen LogP contribution < -0.4 is 5.32 Å². The van der Waals surface area contributed by atoms with Gasteiger partial charge in [-0.3, -0.25) is 10.1 Å². The third kappa shape index (κ3) is 4.08. The predicted molar refractivity (Wildman–Crippen MR) is 57.6 cm³/mol. The molecule has 1 atom stereocenters. The van der Waals surface area contributed by atoms with Crippen LogP contribution in [0.3, 0.4) is 0 Å². The van der Waals surface area contributed by atoms with Gasteiger partial charge in [-0.25, -0.2) is 0 Å².